The molecule has 18 nitrogen and oxygen atoms in total. The van der Waals surface area contributed by atoms with E-state index in [0.29, 0.717) is 0 Å². The summed E-state index contributed by atoms with van der Waals surface area (Å²) < 4.78 is 51.3. The van der Waals surface area contributed by atoms with Crippen molar-refractivity contribution in [2.45, 2.75) is 0 Å². The van der Waals surface area contributed by atoms with Gasteiger partial charge in [-0.3, -0.25) is 4.46 Å². The Morgan fingerprint density at radius 1 is 0.448 bits per heavy atom. The molecule has 29 heteroatoms. The Morgan fingerprint density at radius 2 is 0.448 bits per heavy atom. The maximum Gasteiger partial charge on any atom is 2.00 e. The Bertz CT molecular complexity index is 279. The van der Waals surface area contributed by atoms with Gasteiger partial charge in [0.05, 0.1) is 0 Å². The van der Waals surface area contributed by atoms with Gasteiger partial charge in [-0.25, -0.2) is 0 Å². The molecule has 0 saturated heterocycles. The van der Waals surface area contributed by atoms with Crippen LogP contribution in [0, 0.1) is 0 Å². The van der Waals surface area contributed by atoms with E-state index in [0.717, 1.165) is 0 Å². The molecule has 0 aliphatic rings. The molecule has 0 aromatic heterocycles. The van der Waals surface area contributed by atoms with Gasteiger partial charge in [-0.1, -0.05) is 0 Å². The molecule has 0 unspecified atom stereocenters. The maximum atomic E-state index is 8.74. The van der Waals surface area contributed by atoms with E-state index in [2.05, 4.69) is 0 Å². The average Bonchev–Trinajstić information content (AvgIpc) is 2.08. The van der Waals surface area contributed by atoms with Gasteiger partial charge in [-0.15, -0.1) is 0 Å². The van der Waals surface area contributed by atoms with E-state index in [1.54, 1.807) is 0 Å². The summed E-state index contributed by atoms with van der Waals surface area (Å²) in [7, 11) is -21.3. The molecule has 0 fully saturated rings. The van der Waals surface area contributed by atoms with Gasteiger partial charge in [0, 0.05) is 45.9 Å². The minimum Gasteiger partial charge on any atom is -0.672 e. The van der Waals surface area contributed by atoms with Gasteiger partial charge in [-0.2, -0.15) is 0 Å². The van der Waals surface area contributed by atoms with E-state index in [4.69, 9.17) is 84.3 Å². The van der Waals surface area contributed by atoms with E-state index < -0.39 is 55.0 Å². The second-order valence-electron chi connectivity index (χ2n) is 1.53. The van der Waals surface area contributed by atoms with Crippen molar-refractivity contribution in [1.29, 1.82) is 0 Å². The van der Waals surface area contributed by atoms with Gasteiger partial charge < -0.3 is 79.9 Å². The first kappa shape index (κ1) is 69.7. The molecule has 0 aromatic carbocycles. The molecular weight excluding hydrogens is 915 g/mol. The summed E-state index contributed by atoms with van der Waals surface area (Å²) in [6.45, 7) is 0. The molecule has 0 amide bonds. The van der Waals surface area contributed by atoms with Crippen LogP contribution in [-0.2, 0) is 46.2 Å². The average molecular weight is 917 g/mol. The molecule has 0 bridgehead atoms. The van der Waals surface area contributed by atoms with E-state index in [1.165, 1.54) is 0 Å². The Balaban J connectivity index is -0.0000000144. The molecule has 2 radical (unpaired) electrons. The van der Waals surface area contributed by atoms with Crippen molar-refractivity contribution in [3.8, 4) is 0 Å². The Kier molecular flexibility index (Phi) is 152. The van der Waals surface area contributed by atoms with Crippen LogP contribution in [0.4, 0.5) is 0 Å². The largest absolute Gasteiger partial charge is 2.00 e. The summed E-state index contributed by atoms with van der Waals surface area (Å²) in [5, 5.41) is 0. The topological polar surface area (TPSA) is 373 Å². The quantitative estimate of drug-likeness (QED) is 0.213. The van der Waals surface area contributed by atoms with Crippen molar-refractivity contribution in [3.05, 3.63) is 0 Å². The van der Waals surface area contributed by atoms with Crippen LogP contribution in [0.1, 0.15) is 0 Å². The van der Waals surface area contributed by atoms with Crippen molar-refractivity contribution in [3.63, 3.8) is 0 Å². The standard InChI is InChI=1S/Ba.2Mg.H2O3Si.5O3Si.Pb.Zn/c;;;6*1-4(2)3;;/h;;;1-2H;;;;;;;/q3*+2;;5*-2;2*+2. The second kappa shape index (κ2) is 63.1. The van der Waals surface area contributed by atoms with Crippen LogP contribution in [0.25, 0.3) is 0 Å². The van der Waals surface area contributed by atoms with Crippen molar-refractivity contribution in [2.24, 2.45) is 0 Å². The van der Waals surface area contributed by atoms with Crippen molar-refractivity contribution in [2.75, 3.05) is 0 Å². The summed E-state index contributed by atoms with van der Waals surface area (Å²) >= 11 is 0. The van der Waals surface area contributed by atoms with Gasteiger partial charge >= 0.3 is 151 Å². The van der Waals surface area contributed by atoms with E-state index in [-0.39, 0.29) is 142 Å². The van der Waals surface area contributed by atoms with E-state index >= 15 is 0 Å². The monoisotopic (exact) mass is 916 g/mol. The zero-order valence-electron chi connectivity index (χ0n) is 13.8. The zero-order valence-corrected chi connectivity index (χ0v) is 33.9. The fourth-order valence-electron chi connectivity index (χ4n) is 0. The first-order valence-corrected chi connectivity index (χ1v) is 11.1. The van der Waals surface area contributed by atoms with Crippen molar-refractivity contribution >= 4 is 177 Å². The summed E-state index contributed by atoms with van der Waals surface area (Å²) in [4.78, 5) is 99.5. The predicted molar refractivity (Wildman–Crippen MR) is 66.1 cm³/mol. The molecule has 0 atom stereocenters. The second-order valence-corrected chi connectivity index (χ2v) is 4.60. The molecule has 0 spiro atoms. The van der Waals surface area contributed by atoms with E-state index in [1.807, 2.05) is 0 Å². The molecule has 0 heterocycles. The summed E-state index contributed by atoms with van der Waals surface area (Å²) in [6, 6.07) is 0. The Labute approximate surface area is 276 Å². The normalized spacial score (nSPS) is 4.97. The first-order valence-electron chi connectivity index (χ1n) is 3.71. The molecule has 0 rings (SSSR count). The SMILES string of the molecule is O=[Si](O)O.O=[Si]([O-])[O-].O=[Si]([O-])[O-].O=[Si]([O-])[O-].O=[Si]([O-])[O-].O=[Si]([O-])[O-].[Ba+2].[Mg+2].[Mg+2].[Pb+2].[Zn+2]. The van der Waals surface area contributed by atoms with Crippen molar-refractivity contribution < 1.29 is 104 Å². The van der Waals surface area contributed by atoms with Crippen LogP contribution in [0.5, 0.6) is 0 Å². The summed E-state index contributed by atoms with van der Waals surface area (Å²) in [5.74, 6) is 0. The van der Waals surface area contributed by atoms with Crippen LogP contribution in [0.2, 0.25) is 0 Å². The Hall–Kier alpha value is 2.35. The van der Waals surface area contributed by atoms with Gasteiger partial charge in [0.25, 0.3) is 0 Å². The minimum absolute atomic E-state index is 0. The molecule has 29 heavy (non-hydrogen) atoms. The maximum absolute atomic E-state index is 8.74. The van der Waals surface area contributed by atoms with Crippen LogP contribution in [0.3, 0.4) is 0 Å². The van der Waals surface area contributed by atoms with Crippen LogP contribution in [-0.4, -0.2) is 187 Å². The fourth-order valence-corrected chi connectivity index (χ4v) is 0. The first-order chi connectivity index (χ1) is 10.4. The number of rotatable bonds is 0. The third-order valence-electron chi connectivity index (χ3n) is 0. The van der Waals surface area contributed by atoms with Gasteiger partial charge in [-0.05, 0) is 0 Å². The van der Waals surface area contributed by atoms with Crippen LogP contribution in [0.15, 0.2) is 0 Å². The smallest absolute Gasteiger partial charge is 0.672 e. The van der Waals surface area contributed by atoms with Crippen molar-refractivity contribution in [1.82, 2.24) is 0 Å². The molecule has 2 N–H and O–H groups in total. The van der Waals surface area contributed by atoms with Gasteiger partial charge in [0.2, 0.25) is 0 Å². The Morgan fingerprint density at radius 3 is 0.448 bits per heavy atom. The molecule has 146 valence electrons. The zero-order chi connectivity index (χ0) is 21.5. The number of hydrogen-bond acceptors (Lipinski definition) is 16. The molecule has 0 aliphatic carbocycles. The van der Waals surface area contributed by atoms with Crippen LogP contribution < -0.4 is 48.0 Å². The number of hydrogen-bond donors (Lipinski definition) is 2. The predicted octanol–water partition coefficient (Wildman–Crippen LogP) is -17.5. The van der Waals surface area contributed by atoms with Gasteiger partial charge in [0.15, 0.2) is 0 Å². The third-order valence-corrected chi connectivity index (χ3v) is 0. The van der Waals surface area contributed by atoms with Gasteiger partial charge in [0.1, 0.15) is 0 Å². The van der Waals surface area contributed by atoms with Crippen LogP contribution >= 0.6 is 0 Å². The van der Waals surface area contributed by atoms with E-state index in [9.17, 15) is 0 Å². The molecule has 0 saturated carbocycles. The molecular formula is H2BaMg2O18PbSi6Zn. The third kappa shape index (κ3) is 4410. The summed E-state index contributed by atoms with van der Waals surface area (Å²) in [6.07, 6.45) is 0. The molecule has 0 aromatic rings. The molecule has 0 aliphatic heterocycles. The summed E-state index contributed by atoms with van der Waals surface area (Å²) in [5.41, 5.74) is 0. The fraction of sp³-hybridized carbons (Fsp3) is 0. The minimum atomic E-state index is -3.63.